The van der Waals surface area contributed by atoms with E-state index in [9.17, 15) is 10.2 Å². The summed E-state index contributed by atoms with van der Waals surface area (Å²) in [6.07, 6.45) is 0.840. The lowest BCUT2D eigenvalue weighted by Gasteiger charge is -2.15. The SMILES string of the molecule is N#Cc1cccc2c1CCC2(O)O. The molecule has 0 fully saturated rings. The van der Waals surface area contributed by atoms with Crippen LogP contribution in [0.4, 0.5) is 0 Å². The molecule has 2 rings (SSSR count). The van der Waals surface area contributed by atoms with Crippen molar-refractivity contribution in [1.29, 1.82) is 5.26 Å². The fourth-order valence-corrected chi connectivity index (χ4v) is 1.77. The Labute approximate surface area is 75.9 Å². The summed E-state index contributed by atoms with van der Waals surface area (Å²) in [4.78, 5) is 0. The van der Waals surface area contributed by atoms with E-state index in [1.165, 1.54) is 0 Å². The molecule has 0 saturated heterocycles. The van der Waals surface area contributed by atoms with Crippen LogP contribution in [0.25, 0.3) is 0 Å². The summed E-state index contributed by atoms with van der Waals surface area (Å²) in [5.74, 6) is -1.73. The fourth-order valence-electron chi connectivity index (χ4n) is 1.77. The number of benzene rings is 1. The zero-order chi connectivity index (χ0) is 9.47. The Morgan fingerprint density at radius 3 is 2.85 bits per heavy atom. The van der Waals surface area contributed by atoms with Crippen LogP contribution in [0.2, 0.25) is 0 Å². The molecular formula is C10H9NO2. The van der Waals surface area contributed by atoms with Crippen LogP contribution in [0.5, 0.6) is 0 Å². The van der Waals surface area contributed by atoms with Gasteiger partial charge in [0, 0.05) is 12.0 Å². The summed E-state index contributed by atoms with van der Waals surface area (Å²) in [6, 6.07) is 7.06. The lowest BCUT2D eigenvalue weighted by Crippen LogP contribution is -2.20. The number of hydrogen-bond donors (Lipinski definition) is 2. The van der Waals surface area contributed by atoms with E-state index in [0.717, 1.165) is 5.56 Å². The van der Waals surface area contributed by atoms with Crippen molar-refractivity contribution in [2.45, 2.75) is 18.6 Å². The monoisotopic (exact) mass is 175 g/mol. The van der Waals surface area contributed by atoms with Gasteiger partial charge in [-0.15, -0.1) is 0 Å². The summed E-state index contributed by atoms with van der Waals surface area (Å²) in [6.45, 7) is 0. The minimum atomic E-state index is -1.73. The van der Waals surface area contributed by atoms with Crippen LogP contribution in [-0.4, -0.2) is 10.2 Å². The summed E-state index contributed by atoms with van der Waals surface area (Å²) in [5.41, 5.74) is 1.80. The van der Waals surface area contributed by atoms with Gasteiger partial charge in [0.15, 0.2) is 5.79 Å². The molecule has 0 aromatic heterocycles. The van der Waals surface area contributed by atoms with Crippen molar-refractivity contribution in [3.63, 3.8) is 0 Å². The standard InChI is InChI=1S/C10H9NO2/c11-6-7-2-1-3-9-8(7)4-5-10(9,12)13/h1-3,12-13H,4-5H2. The van der Waals surface area contributed by atoms with Gasteiger partial charge in [0.2, 0.25) is 0 Å². The molecule has 0 atom stereocenters. The minimum Gasteiger partial charge on any atom is -0.362 e. The maximum Gasteiger partial charge on any atom is 0.190 e. The summed E-state index contributed by atoms with van der Waals surface area (Å²) < 4.78 is 0. The van der Waals surface area contributed by atoms with E-state index in [1.807, 2.05) is 6.07 Å². The third-order valence-electron chi connectivity index (χ3n) is 2.45. The average molecular weight is 175 g/mol. The van der Waals surface area contributed by atoms with E-state index in [1.54, 1.807) is 18.2 Å². The smallest absolute Gasteiger partial charge is 0.190 e. The van der Waals surface area contributed by atoms with Gasteiger partial charge in [-0.2, -0.15) is 5.26 Å². The van der Waals surface area contributed by atoms with Crippen molar-refractivity contribution in [3.8, 4) is 6.07 Å². The van der Waals surface area contributed by atoms with E-state index < -0.39 is 5.79 Å². The number of nitriles is 1. The van der Waals surface area contributed by atoms with Gasteiger partial charge < -0.3 is 10.2 Å². The zero-order valence-electron chi connectivity index (χ0n) is 6.99. The van der Waals surface area contributed by atoms with Crippen molar-refractivity contribution in [3.05, 3.63) is 34.9 Å². The number of fused-ring (bicyclic) bond motifs is 1. The molecule has 13 heavy (non-hydrogen) atoms. The summed E-state index contributed by atoms with van der Waals surface area (Å²) >= 11 is 0. The predicted molar refractivity (Wildman–Crippen MR) is 45.6 cm³/mol. The van der Waals surface area contributed by atoms with E-state index in [4.69, 9.17) is 5.26 Å². The topological polar surface area (TPSA) is 64.2 Å². The average Bonchev–Trinajstić information content (AvgIpc) is 2.43. The highest BCUT2D eigenvalue weighted by Crippen LogP contribution is 2.35. The molecular weight excluding hydrogens is 166 g/mol. The fraction of sp³-hybridized carbons (Fsp3) is 0.300. The van der Waals surface area contributed by atoms with Crippen LogP contribution < -0.4 is 0 Å². The molecule has 0 spiro atoms. The summed E-state index contributed by atoms with van der Waals surface area (Å²) in [7, 11) is 0. The lowest BCUT2D eigenvalue weighted by molar-refractivity contribution is -0.166. The molecule has 66 valence electrons. The van der Waals surface area contributed by atoms with E-state index >= 15 is 0 Å². The van der Waals surface area contributed by atoms with Crippen molar-refractivity contribution >= 4 is 0 Å². The van der Waals surface area contributed by atoms with Crippen molar-refractivity contribution in [1.82, 2.24) is 0 Å². The number of nitrogens with zero attached hydrogens (tertiary/aromatic N) is 1. The Bertz CT molecular complexity index is 390. The third-order valence-corrected chi connectivity index (χ3v) is 2.45. The Hall–Kier alpha value is -1.37. The molecule has 0 saturated carbocycles. The van der Waals surface area contributed by atoms with Gasteiger partial charge in [0.1, 0.15) is 0 Å². The van der Waals surface area contributed by atoms with E-state index in [0.29, 0.717) is 17.5 Å². The maximum atomic E-state index is 9.51. The molecule has 0 unspecified atom stereocenters. The number of aliphatic hydroxyl groups is 2. The van der Waals surface area contributed by atoms with Gasteiger partial charge in [0.25, 0.3) is 0 Å². The molecule has 1 aromatic carbocycles. The van der Waals surface area contributed by atoms with Crippen LogP contribution in [0.1, 0.15) is 23.1 Å². The molecule has 0 amide bonds. The van der Waals surface area contributed by atoms with Crippen molar-refractivity contribution in [2.24, 2.45) is 0 Å². The van der Waals surface area contributed by atoms with Crippen LogP contribution in [0.15, 0.2) is 18.2 Å². The van der Waals surface area contributed by atoms with Gasteiger partial charge in [-0.3, -0.25) is 0 Å². The maximum absolute atomic E-state index is 9.51. The first-order valence-electron chi connectivity index (χ1n) is 4.12. The van der Waals surface area contributed by atoms with Gasteiger partial charge in [-0.1, -0.05) is 12.1 Å². The van der Waals surface area contributed by atoms with Crippen LogP contribution >= 0.6 is 0 Å². The third kappa shape index (κ3) is 1.12. The number of hydrogen-bond acceptors (Lipinski definition) is 3. The second-order valence-corrected chi connectivity index (χ2v) is 3.26. The highest BCUT2D eigenvalue weighted by molar-refractivity contribution is 5.47. The first-order chi connectivity index (χ1) is 6.15. The molecule has 0 heterocycles. The first-order valence-corrected chi connectivity index (χ1v) is 4.12. The van der Waals surface area contributed by atoms with E-state index in [-0.39, 0.29) is 6.42 Å². The Kier molecular flexibility index (Phi) is 1.62. The van der Waals surface area contributed by atoms with Gasteiger partial charge in [0.05, 0.1) is 11.6 Å². The van der Waals surface area contributed by atoms with Crippen LogP contribution in [-0.2, 0) is 12.2 Å². The normalized spacial score (nSPS) is 17.9. The van der Waals surface area contributed by atoms with Crippen LogP contribution in [0, 0.1) is 11.3 Å². The minimum absolute atomic E-state index is 0.279. The number of rotatable bonds is 0. The molecule has 0 bridgehead atoms. The van der Waals surface area contributed by atoms with Crippen molar-refractivity contribution in [2.75, 3.05) is 0 Å². The Balaban J connectivity index is 2.64. The molecule has 3 nitrogen and oxygen atoms in total. The second-order valence-electron chi connectivity index (χ2n) is 3.26. The Morgan fingerprint density at radius 2 is 2.15 bits per heavy atom. The van der Waals surface area contributed by atoms with Gasteiger partial charge in [-0.25, -0.2) is 0 Å². The van der Waals surface area contributed by atoms with Crippen molar-refractivity contribution < 1.29 is 10.2 Å². The predicted octanol–water partition coefficient (Wildman–Crippen LogP) is 0.642. The lowest BCUT2D eigenvalue weighted by atomic mass is 10.0. The Morgan fingerprint density at radius 1 is 1.38 bits per heavy atom. The summed E-state index contributed by atoms with van der Waals surface area (Å²) in [5, 5.41) is 27.8. The van der Waals surface area contributed by atoms with E-state index in [2.05, 4.69) is 0 Å². The first kappa shape index (κ1) is 8.24. The van der Waals surface area contributed by atoms with Gasteiger partial charge in [-0.05, 0) is 18.1 Å². The molecule has 1 aliphatic rings. The largest absolute Gasteiger partial charge is 0.362 e. The molecule has 0 radical (unpaired) electrons. The molecule has 1 aromatic rings. The quantitative estimate of drug-likeness (QED) is 0.569. The molecule has 1 aliphatic carbocycles. The molecule has 2 N–H and O–H groups in total. The molecule has 0 aliphatic heterocycles. The zero-order valence-corrected chi connectivity index (χ0v) is 6.99. The second kappa shape index (κ2) is 2.56. The highest BCUT2D eigenvalue weighted by Gasteiger charge is 2.35. The van der Waals surface area contributed by atoms with Gasteiger partial charge >= 0.3 is 0 Å². The highest BCUT2D eigenvalue weighted by atomic mass is 16.5. The van der Waals surface area contributed by atoms with Crippen LogP contribution in [0.3, 0.4) is 0 Å². The molecule has 3 heteroatoms.